The van der Waals surface area contributed by atoms with Crippen LogP contribution < -0.4 is 5.32 Å². The van der Waals surface area contributed by atoms with E-state index in [4.69, 9.17) is 0 Å². The third kappa shape index (κ3) is 3.47. The fraction of sp³-hybridized carbons (Fsp3) is 0.333. The lowest BCUT2D eigenvalue weighted by molar-refractivity contribution is -0.143. The van der Waals surface area contributed by atoms with Gasteiger partial charge in [-0.15, -0.1) is 0 Å². The van der Waals surface area contributed by atoms with E-state index in [-0.39, 0.29) is 17.6 Å². The highest BCUT2D eigenvalue weighted by Gasteiger charge is 2.45. The van der Waals surface area contributed by atoms with E-state index < -0.39 is 11.5 Å². The highest BCUT2D eigenvalue weighted by atomic mass is 19.1. The SMILES string of the molecule is CCC(=O)NC(C(=O)N1CC(C)(c2ccccc2F)C1)c1ccccc1. The monoisotopic (exact) mass is 354 g/mol. The Bertz CT molecular complexity index is 801. The maximum Gasteiger partial charge on any atom is 0.249 e. The molecule has 1 aliphatic rings. The molecule has 1 aliphatic heterocycles. The van der Waals surface area contributed by atoms with Crippen molar-refractivity contribution < 1.29 is 14.0 Å². The summed E-state index contributed by atoms with van der Waals surface area (Å²) in [6.07, 6.45) is 0.309. The third-order valence-corrected chi connectivity index (χ3v) is 4.92. The molecule has 1 atom stereocenters. The summed E-state index contributed by atoms with van der Waals surface area (Å²) >= 11 is 0. The van der Waals surface area contributed by atoms with Crippen LogP contribution in [-0.2, 0) is 15.0 Å². The van der Waals surface area contributed by atoms with Gasteiger partial charge in [0.15, 0.2) is 0 Å². The Morgan fingerprint density at radius 1 is 1.12 bits per heavy atom. The summed E-state index contributed by atoms with van der Waals surface area (Å²) in [6.45, 7) is 4.56. The van der Waals surface area contributed by atoms with Crippen molar-refractivity contribution in [1.29, 1.82) is 0 Å². The minimum absolute atomic E-state index is 0.160. The number of rotatable bonds is 5. The quantitative estimate of drug-likeness (QED) is 0.896. The highest BCUT2D eigenvalue weighted by Crippen LogP contribution is 2.37. The molecule has 0 bridgehead atoms. The summed E-state index contributed by atoms with van der Waals surface area (Å²) < 4.78 is 14.1. The second kappa shape index (κ2) is 7.28. The van der Waals surface area contributed by atoms with Crippen molar-refractivity contribution in [2.75, 3.05) is 13.1 Å². The predicted molar refractivity (Wildman–Crippen MR) is 97.9 cm³/mol. The molecule has 136 valence electrons. The van der Waals surface area contributed by atoms with Crippen molar-refractivity contribution in [1.82, 2.24) is 10.2 Å². The topological polar surface area (TPSA) is 49.4 Å². The van der Waals surface area contributed by atoms with Gasteiger partial charge in [0.05, 0.1) is 0 Å². The van der Waals surface area contributed by atoms with Gasteiger partial charge in [0.1, 0.15) is 11.9 Å². The molecule has 0 saturated carbocycles. The second-order valence-electron chi connectivity index (χ2n) is 7.00. The van der Waals surface area contributed by atoms with E-state index in [1.165, 1.54) is 6.07 Å². The van der Waals surface area contributed by atoms with Crippen molar-refractivity contribution >= 4 is 11.8 Å². The second-order valence-corrected chi connectivity index (χ2v) is 7.00. The first-order valence-corrected chi connectivity index (χ1v) is 8.83. The number of nitrogens with one attached hydrogen (secondary N) is 1. The molecule has 1 fully saturated rings. The first kappa shape index (κ1) is 18.1. The number of halogens is 1. The number of likely N-dealkylation sites (tertiary alicyclic amines) is 1. The molecule has 2 aromatic carbocycles. The zero-order valence-electron chi connectivity index (χ0n) is 15.0. The normalized spacial score (nSPS) is 16.5. The van der Waals surface area contributed by atoms with E-state index in [2.05, 4.69) is 5.32 Å². The van der Waals surface area contributed by atoms with E-state index in [1.54, 1.807) is 24.0 Å². The van der Waals surface area contributed by atoms with E-state index in [0.717, 1.165) is 5.56 Å². The first-order chi connectivity index (χ1) is 12.4. The first-order valence-electron chi connectivity index (χ1n) is 8.83. The van der Waals surface area contributed by atoms with E-state index >= 15 is 0 Å². The molecule has 5 heteroatoms. The van der Waals surface area contributed by atoms with Gasteiger partial charge in [-0.2, -0.15) is 0 Å². The molecule has 0 radical (unpaired) electrons. The Morgan fingerprint density at radius 2 is 1.73 bits per heavy atom. The Hall–Kier alpha value is -2.69. The minimum Gasteiger partial charge on any atom is -0.341 e. The highest BCUT2D eigenvalue weighted by molar-refractivity contribution is 5.89. The molecule has 3 rings (SSSR count). The van der Waals surface area contributed by atoms with Crippen molar-refractivity contribution in [3.05, 3.63) is 71.5 Å². The van der Waals surface area contributed by atoms with E-state index in [9.17, 15) is 14.0 Å². The number of amides is 2. The maximum atomic E-state index is 14.1. The van der Waals surface area contributed by atoms with Gasteiger partial charge in [0, 0.05) is 24.9 Å². The molecule has 0 aliphatic carbocycles. The van der Waals surface area contributed by atoms with Crippen molar-refractivity contribution in [3.63, 3.8) is 0 Å². The molecule has 1 saturated heterocycles. The molecule has 1 unspecified atom stereocenters. The largest absolute Gasteiger partial charge is 0.341 e. The lowest BCUT2D eigenvalue weighted by atomic mass is 9.75. The minimum atomic E-state index is -0.714. The fourth-order valence-corrected chi connectivity index (χ4v) is 3.45. The summed E-state index contributed by atoms with van der Waals surface area (Å²) in [5.74, 6) is -0.586. The zero-order chi connectivity index (χ0) is 18.7. The molecule has 0 aromatic heterocycles. The van der Waals surface area contributed by atoms with E-state index in [0.29, 0.717) is 25.1 Å². The van der Waals surface area contributed by atoms with E-state index in [1.807, 2.05) is 43.3 Å². The van der Waals surface area contributed by atoms with Gasteiger partial charge in [-0.25, -0.2) is 4.39 Å². The summed E-state index contributed by atoms with van der Waals surface area (Å²) in [7, 11) is 0. The molecule has 1 heterocycles. The predicted octanol–water partition coefficient (Wildman–Crippen LogP) is 3.19. The van der Waals surface area contributed by atoms with Crippen LogP contribution in [0.25, 0.3) is 0 Å². The van der Waals surface area contributed by atoms with Crippen LogP contribution in [0.5, 0.6) is 0 Å². The number of carbonyl (C=O) groups is 2. The van der Waals surface area contributed by atoms with Crippen molar-refractivity contribution in [2.24, 2.45) is 0 Å². The standard InChI is InChI=1S/C21H23FN2O2/c1-3-18(25)23-19(15-9-5-4-6-10-15)20(26)24-13-21(2,14-24)16-11-7-8-12-17(16)22/h4-12,19H,3,13-14H2,1-2H3,(H,23,25). The van der Waals surface area contributed by atoms with Crippen molar-refractivity contribution in [2.45, 2.75) is 31.7 Å². The number of hydrogen-bond donors (Lipinski definition) is 1. The Balaban J connectivity index is 1.77. The lowest BCUT2D eigenvalue weighted by Gasteiger charge is -2.49. The van der Waals surface area contributed by atoms with Crippen LogP contribution in [0.3, 0.4) is 0 Å². The average Bonchev–Trinajstić information content (AvgIpc) is 2.64. The molecule has 2 amide bonds. The Morgan fingerprint density at radius 3 is 2.35 bits per heavy atom. The summed E-state index contributed by atoms with van der Waals surface area (Å²) in [5, 5.41) is 2.81. The molecule has 0 spiro atoms. The Kier molecular flexibility index (Phi) is 5.07. The molecular formula is C21H23FN2O2. The van der Waals surface area contributed by atoms with Crippen LogP contribution in [0, 0.1) is 5.82 Å². The van der Waals surface area contributed by atoms with Gasteiger partial charge in [-0.1, -0.05) is 62.4 Å². The van der Waals surface area contributed by atoms with Gasteiger partial charge in [-0.3, -0.25) is 9.59 Å². The molecule has 26 heavy (non-hydrogen) atoms. The number of carbonyl (C=O) groups excluding carboxylic acids is 2. The lowest BCUT2D eigenvalue weighted by Crippen LogP contribution is -2.62. The summed E-state index contributed by atoms with van der Waals surface area (Å²) in [6, 6.07) is 15.2. The molecule has 4 nitrogen and oxygen atoms in total. The summed E-state index contributed by atoms with van der Waals surface area (Å²) in [5.41, 5.74) is 0.966. The smallest absolute Gasteiger partial charge is 0.249 e. The van der Waals surface area contributed by atoms with Crippen LogP contribution in [0.15, 0.2) is 54.6 Å². The van der Waals surface area contributed by atoms with Crippen LogP contribution in [0.2, 0.25) is 0 Å². The average molecular weight is 354 g/mol. The van der Waals surface area contributed by atoms with Gasteiger partial charge in [0.2, 0.25) is 11.8 Å². The molecule has 1 N–H and O–H groups in total. The van der Waals surface area contributed by atoms with Gasteiger partial charge in [0.25, 0.3) is 0 Å². The maximum absolute atomic E-state index is 14.1. The number of benzene rings is 2. The van der Waals surface area contributed by atoms with Gasteiger partial charge >= 0.3 is 0 Å². The van der Waals surface area contributed by atoms with Gasteiger partial charge in [-0.05, 0) is 17.2 Å². The summed E-state index contributed by atoms with van der Waals surface area (Å²) in [4.78, 5) is 26.6. The molecule has 2 aromatic rings. The molecular weight excluding hydrogens is 331 g/mol. The van der Waals surface area contributed by atoms with Gasteiger partial charge < -0.3 is 10.2 Å². The zero-order valence-corrected chi connectivity index (χ0v) is 15.0. The van der Waals surface area contributed by atoms with Crippen LogP contribution in [0.4, 0.5) is 4.39 Å². The van der Waals surface area contributed by atoms with Crippen molar-refractivity contribution in [3.8, 4) is 0 Å². The fourth-order valence-electron chi connectivity index (χ4n) is 3.45. The van der Waals surface area contributed by atoms with Crippen LogP contribution in [-0.4, -0.2) is 29.8 Å². The number of hydrogen-bond acceptors (Lipinski definition) is 2. The third-order valence-electron chi connectivity index (χ3n) is 4.92. The van der Waals surface area contributed by atoms with Crippen LogP contribution in [0.1, 0.15) is 37.4 Å². The Labute approximate surface area is 153 Å². The van der Waals surface area contributed by atoms with Crippen LogP contribution >= 0.6 is 0 Å². The number of nitrogens with zero attached hydrogens (tertiary/aromatic N) is 1.